The lowest BCUT2D eigenvalue weighted by Crippen LogP contribution is -3.00. The Kier molecular flexibility index (Phi) is 6.78. The summed E-state index contributed by atoms with van der Waals surface area (Å²) in [6.45, 7) is 4.81. The molecule has 184 valence electrons. The first-order valence-electron chi connectivity index (χ1n) is 12.7. The number of hydrogen-bond acceptors (Lipinski definition) is 2. The van der Waals surface area contributed by atoms with Crippen LogP contribution in [0.3, 0.4) is 0 Å². The summed E-state index contributed by atoms with van der Waals surface area (Å²) in [5.74, 6) is 2.32. The Morgan fingerprint density at radius 2 is 1.89 bits per heavy atom. The van der Waals surface area contributed by atoms with Crippen LogP contribution in [0.1, 0.15) is 46.3 Å². The van der Waals surface area contributed by atoms with Crippen LogP contribution in [0.4, 0.5) is 0 Å². The fraction of sp³-hybridized carbons (Fsp3) is 0.414. The number of halogens is 1. The van der Waals surface area contributed by atoms with E-state index in [2.05, 4.69) is 29.4 Å². The van der Waals surface area contributed by atoms with Crippen molar-refractivity contribution in [1.29, 1.82) is 0 Å². The molecule has 0 radical (unpaired) electrons. The average Bonchev–Trinajstić information content (AvgIpc) is 3.40. The van der Waals surface area contributed by atoms with Crippen LogP contribution >= 0.6 is 0 Å². The Balaban J connectivity index is 0.00000253. The molecule has 3 fully saturated rings. The number of H-pyrrole nitrogens is 1. The zero-order valence-corrected chi connectivity index (χ0v) is 22.0. The fourth-order valence-corrected chi connectivity index (χ4v) is 6.55. The molecule has 35 heavy (non-hydrogen) atoms. The lowest BCUT2D eigenvalue weighted by atomic mass is 9.80. The number of carbonyl (C=O) groups excluding carboxylic acids is 1. The number of rotatable bonds is 6. The van der Waals surface area contributed by atoms with E-state index in [1.165, 1.54) is 54.5 Å². The molecule has 4 aliphatic heterocycles. The molecule has 2 aromatic carbocycles. The number of amides is 1. The van der Waals surface area contributed by atoms with Gasteiger partial charge in [0.1, 0.15) is 11.5 Å². The van der Waals surface area contributed by atoms with Crippen LogP contribution in [-0.2, 0) is 12.8 Å². The second kappa shape index (κ2) is 9.82. The number of aromatic amines is 1. The van der Waals surface area contributed by atoms with Crippen molar-refractivity contribution < 1.29 is 31.0 Å². The first-order chi connectivity index (χ1) is 16.6. The highest BCUT2D eigenvalue weighted by Gasteiger charge is 2.48. The second-order valence-corrected chi connectivity index (χ2v) is 10.5. The first-order valence-corrected chi connectivity index (χ1v) is 12.7. The van der Waals surface area contributed by atoms with E-state index in [0.717, 1.165) is 36.4 Å². The number of para-hydroxylation sites is 2. The van der Waals surface area contributed by atoms with Gasteiger partial charge in [-0.2, -0.15) is 0 Å². The van der Waals surface area contributed by atoms with E-state index in [0.29, 0.717) is 17.5 Å². The summed E-state index contributed by atoms with van der Waals surface area (Å²) in [5, 5.41) is 0. The minimum atomic E-state index is 0. The standard InChI is InChI=1S/C29H34N3O2.BrH/c1-31(26-20-32(16-12-22(26)13-17-32)15-5-6-21-11-14-30-19-21)29(33)25-9-4-8-24-18-23-7-2-3-10-27(23)34-28(24)25;/h2-4,7-11,14,19,22,26,30H,5-6,12-13,15-18,20H2,1H3;1H/q+1;/p-1/t22?,26-,32?;/m0./s1. The fourth-order valence-electron chi connectivity index (χ4n) is 6.55. The van der Waals surface area contributed by atoms with Gasteiger partial charge in [-0.15, -0.1) is 0 Å². The van der Waals surface area contributed by atoms with Crippen LogP contribution in [0.5, 0.6) is 11.5 Å². The summed E-state index contributed by atoms with van der Waals surface area (Å²) in [5.41, 5.74) is 4.37. The molecule has 3 aromatic rings. The van der Waals surface area contributed by atoms with Crippen molar-refractivity contribution >= 4 is 5.91 Å². The molecule has 1 atom stereocenters. The molecule has 0 saturated carbocycles. The van der Waals surface area contributed by atoms with E-state index in [-0.39, 0.29) is 22.9 Å². The number of piperidine rings is 3. The number of carbonyl (C=O) groups is 1. The highest BCUT2D eigenvalue weighted by atomic mass is 79.9. The maximum Gasteiger partial charge on any atom is 0.257 e. The smallest absolute Gasteiger partial charge is 0.257 e. The lowest BCUT2D eigenvalue weighted by Gasteiger charge is -2.54. The van der Waals surface area contributed by atoms with E-state index in [1.54, 1.807) is 0 Å². The monoisotopic (exact) mass is 535 g/mol. The molecule has 0 aliphatic carbocycles. The van der Waals surface area contributed by atoms with Gasteiger partial charge in [0.25, 0.3) is 5.91 Å². The lowest BCUT2D eigenvalue weighted by molar-refractivity contribution is -0.945. The van der Waals surface area contributed by atoms with E-state index in [9.17, 15) is 4.79 Å². The largest absolute Gasteiger partial charge is 1.00 e. The first kappa shape index (κ1) is 24.1. The number of aryl methyl sites for hydroxylation is 1. The molecule has 3 saturated heterocycles. The van der Waals surface area contributed by atoms with E-state index >= 15 is 0 Å². The maximum absolute atomic E-state index is 13.8. The Hall–Kier alpha value is -2.57. The topological polar surface area (TPSA) is 45.3 Å². The van der Waals surface area contributed by atoms with E-state index in [1.807, 2.05) is 48.5 Å². The molecule has 0 unspecified atom stereocenters. The number of benzene rings is 2. The molecule has 0 spiro atoms. The minimum Gasteiger partial charge on any atom is -1.00 e. The number of aromatic nitrogens is 1. The Morgan fingerprint density at radius 1 is 1.09 bits per heavy atom. The highest BCUT2D eigenvalue weighted by molar-refractivity contribution is 5.97. The van der Waals surface area contributed by atoms with Crippen LogP contribution in [-0.4, -0.2) is 59.5 Å². The Labute approximate surface area is 218 Å². The Morgan fingerprint density at radius 3 is 2.69 bits per heavy atom. The van der Waals surface area contributed by atoms with Crippen molar-refractivity contribution in [2.24, 2.45) is 5.92 Å². The summed E-state index contributed by atoms with van der Waals surface area (Å²) in [6, 6.07) is 16.6. The number of quaternary nitrogens is 1. The molecular weight excluding hydrogens is 502 g/mol. The van der Waals surface area contributed by atoms with Gasteiger partial charge in [-0.3, -0.25) is 4.79 Å². The number of likely N-dealkylation sites (N-methyl/N-ethyl adjacent to an activating group) is 1. The van der Waals surface area contributed by atoms with E-state index < -0.39 is 0 Å². The SMILES string of the molecule is CN(C(=O)c1cccc2c1Oc1ccccc1C2)[C@H]1C[N+]2(CCCc3cc[nH]c3)CCC1CC2.[Br-]. The van der Waals surface area contributed by atoms with E-state index in [4.69, 9.17) is 4.74 Å². The normalized spacial score (nSPS) is 24.0. The zero-order chi connectivity index (χ0) is 23.1. The number of nitrogens with zero attached hydrogens (tertiary/aromatic N) is 2. The number of fused-ring (bicyclic) bond motifs is 5. The van der Waals surface area contributed by atoms with Crippen LogP contribution in [0, 0.1) is 5.92 Å². The van der Waals surface area contributed by atoms with Crippen molar-refractivity contribution in [3.63, 3.8) is 0 Å². The quantitative estimate of drug-likeness (QED) is 0.384. The third-order valence-electron chi connectivity index (χ3n) is 8.54. The van der Waals surface area contributed by atoms with Crippen molar-refractivity contribution in [3.8, 4) is 11.5 Å². The minimum absolute atomic E-state index is 0. The molecule has 5 nitrogen and oxygen atoms in total. The molecular formula is C29H34BrN3O2. The predicted octanol–water partition coefficient (Wildman–Crippen LogP) is 2.03. The maximum atomic E-state index is 13.8. The summed E-state index contributed by atoms with van der Waals surface area (Å²) < 4.78 is 7.45. The van der Waals surface area contributed by atoms with Crippen molar-refractivity contribution in [1.82, 2.24) is 9.88 Å². The van der Waals surface area contributed by atoms with Gasteiger partial charge in [0.05, 0.1) is 37.8 Å². The summed E-state index contributed by atoms with van der Waals surface area (Å²) in [4.78, 5) is 19.0. The van der Waals surface area contributed by atoms with Crippen LogP contribution < -0.4 is 21.7 Å². The van der Waals surface area contributed by atoms with Crippen molar-refractivity contribution in [3.05, 3.63) is 83.2 Å². The average molecular weight is 537 g/mol. The number of hydrogen-bond donors (Lipinski definition) is 1. The van der Waals surface area contributed by atoms with Gasteiger partial charge in [-0.05, 0) is 41.7 Å². The third-order valence-corrected chi connectivity index (χ3v) is 8.54. The molecule has 1 aromatic heterocycles. The molecule has 7 rings (SSSR count). The van der Waals surface area contributed by atoms with Gasteiger partial charge in [0, 0.05) is 50.7 Å². The summed E-state index contributed by atoms with van der Waals surface area (Å²) in [6.07, 6.45) is 9.71. The van der Waals surface area contributed by atoms with Gasteiger partial charge in [0.15, 0.2) is 0 Å². The van der Waals surface area contributed by atoms with Crippen LogP contribution in [0.25, 0.3) is 0 Å². The van der Waals surface area contributed by atoms with Gasteiger partial charge >= 0.3 is 0 Å². The molecule has 1 amide bonds. The summed E-state index contributed by atoms with van der Waals surface area (Å²) >= 11 is 0. The highest BCUT2D eigenvalue weighted by Crippen LogP contribution is 2.41. The van der Waals surface area contributed by atoms with Crippen LogP contribution in [0.2, 0.25) is 0 Å². The molecule has 6 heteroatoms. The summed E-state index contributed by atoms with van der Waals surface area (Å²) in [7, 11) is 2.02. The van der Waals surface area contributed by atoms with Gasteiger partial charge in [-0.25, -0.2) is 0 Å². The van der Waals surface area contributed by atoms with Crippen LogP contribution in [0.15, 0.2) is 60.9 Å². The van der Waals surface area contributed by atoms with Gasteiger partial charge < -0.3 is 36.1 Å². The predicted molar refractivity (Wildman–Crippen MR) is 133 cm³/mol. The number of nitrogens with one attached hydrogen (secondary N) is 1. The zero-order valence-electron chi connectivity index (χ0n) is 20.4. The second-order valence-electron chi connectivity index (χ2n) is 10.5. The Bertz CT molecular complexity index is 1180. The van der Waals surface area contributed by atoms with Gasteiger partial charge in [0.2, 0.25) is 0 Å². The molecule has 2 bridgehead atoms. The van der Waals surface area contributed by atoms with Gasteiger partial charge in [-0.1, -0.05) is 30.3 Å². The third kappa shape index (κ3) is 4.54. The van der Waals surface area contributed by atoms with Crippen molar-refractivity contribution in [2.75, 3.05) is 33.2 Å². The molecule has 5 heterocycles. The van der Waals surface area contributed by atoms with Crippen molar-refractivity contribution in [2.45, 2.75) is 38.1 Å². The molecule has 1 N–H and O–H groups in total. The molecule has 4 aliphatic rings. The number of ether oxygens (including phenoxy) is 1.